The summed E-state index contributed by atoms with van der Waals surface area (Å²) in [7, 11) is 0. The number of hydrogen-bond acceptors (Lipinski definition) is 7. The molecule has 0 fully saturated rings. The Morgan fingerprint density at radius 3 is 2.93 bits per heavy atom. The molecule has 142 valence electrons. The molecule has 4 rings (SSSR count). The first-order chi connectivity index (χ1) is 13.6. The topological polar surface area (TPSA) is 85.6 Å². The van der Waals surface area contributed by atoms with Crippen LogP contribution >= 0.6 is 23.1 Å². The van der Waals surface area contributed by atoms with E-state index in [4.69, 9.17) is 0 Å². The molecule has 7 nitrogen and oxygen atoms in total. The number of carbonyl (C=O) groups excluding carboxylic acids is 1. The average Bonchev–Trinajstić information content (AvgIpc) is 3.34. The number of amides is 1. The molecule has 0 spiro atoms. The van der Waals surface area contributed by atoms with Crippen LogP contribution in [0.2, 0.25) is 0 Å². The lowest BCUT2D eigenvalue weighted by atomic mass is 10.2. The molecule has 0 saturated heterocycles. The number of pyridine rings is 1. The highest BCUT2D eigenvalue weighted by Crippen LogP contribution is 2.34. The van der Waals surface area contributed by atoms with Gasteiger partial charge in [-0.25, -0.2) is 19.6 Å². The van der Waals surface area contributed by atoms with Crippen molar-refractivity contribution >= 4 is 39.2 Å². The van der Waals surface area contributed by atoms with E-state index in [0.717, 1.165) is 20.8 Å². The molecule has 1 amide bonds. The zero-order valence-electron chi connectivity index (χ0n) is 15.4. The maximum absolute atomic E-state index is 12.4. The summed E-state index contributed by atoms with van der Waals surface area (Å²) in [6.07, 6.45) is 6.80. The molecule has 4 aromatic rings. The van der Waals surface area contributed by atoms with Gasteiger partial charge in [0, 0.05) is 41.0 Å². The van der Waals surface area contributed by atoms with Crippen molar-refractivity contribution in [2.45, 2.75) is 25.4 Å². The van der Waals surface area contributed by atoms with Gasteiger partial charge < -0.3 is 5.32 Å². The lowest BCUT2D eigenvalue weighted by Gasteiger charge is -2.10. The molecule has 0 radical (unpaired) electrons. The number of aryl methyl sites for hydroxylation is 2. The minimum Gasteiger partial charge on any atom is -0.351 e. The monoisotopic (exact) mass is 410 g/mol. The van der Waals surface area contributed by atoms with Gasteiger partial charge in [0.05, 0.1) is 5.75 Å². The summed E-state index contributed by atoms with van der Waals surface area (Å²) >= 11 is 3.09. The summed E-state index contributed by atoms with van der Waals surface area (Å²) in [5.74, 6) is 0.941. The van der Waals surface area contributed by atoms with Crippen LogP contribution in [-0.4, -0.2) is 36.4 Å². The predicted octanol–water partition coefficient (Wildman–Crippen LogP) is 3.30. The van der Waals surface area contributed by atoms with Gasteiger partial charge in [-0.05, 0) is 31.5 Å². The highest BCUT2D eigenvalue weighted by molar-refractivity contribution is 8.00. The van der Waals surface area contributed by atoms with E-state index in [1.807, 2.05) is 24.4 Å². The fourth-order valence-electron chi connectivity index (χ4n) is 2.81. The molecule has 9 heteroatoms. The zero-order chi connectivity index (χ0) is 19.5. The van der Waals surface area contributed by atoms with E-state index >= 15 is 0 Å². The molecule has 0 aliphatic carbocycles. The van der Waals surface area contributed by atoms with Crippen LogP contribution in [0.1, 0.15) is 16.0 Å². The van der Waals surface area contributed by atoms with E-state index < -0.39 is 0 Å². The smallest absolute Gasteiger partial charge is 0.230 e. The van der Waals surface area contributed by atoms with Gasteiger partial charge in [-0.3, -0.25) is 4.79 Å². The van der Waals surface area contributed by atoms with Crippen LogP contribution in [0.4, 0.5) is 0 Å². The third-order valence-electron chi connectivity index (χ3n) is 4.34. The lowest BCUT2D eigenvalue weighted by molar-refractivity contribution is -0.118. The van der Waals surface area contributed by atoms with Crippen molar-refractivity contribution in [3.8, 4) is 5.82 Å². The molecule has 0 atom stereocenters. The second kappa shape index (κ2) is 8.07. The van der Waals surface area contributed by atoms with E-state index in [0.29, 0.717) is 12.4 Å². The Morgan fingerprint density at radius 2 is 2.11 bits per heavy atom. The molecule has 0 aliphatic rings. The number of hydrogen-bond donors (Lipinski definition) is 1. The fraction of sp³-hybridized carbons (Fsp3) is 0.211. The Hall–Kier alpha value is -2.78. The molecular weight excluding hydrogens is 392 g/mol. The zero-order valence-corrected chi connectivity index (χ0v) is 17.0. The van der Waals surface area contributed by atoms with Crippen molar-refractivity contribution in [2.24, 2.45) is 0 Å². The third-order valence-corrected chi connectivity index (χ3v) is 6.44. The van der Waals surface area contributed by atoms with Crippen LogP contribution in [-0.2, 0) is 11.3 Å². The van der Waals surface area contributed by atoms with Gasteiger partial charge in [0.2, 0.25) is 5.91 Å². The van der Waals surface area contributed by atoms with Gasteiger partial charge in [-0.2, -0.15) is 5.10 Å². The second-order valence-corrected chi connectivity index (χ2v) is 8.31. The number of nitrogens with zero attached hydrogens (tertiary/aromatic N) is 5. The van der Waals surface area contributed by atoms with Gasteiger partial charge in [0.25, 0.3) is 0 Å². The van der Waals surface area contributed by atoms with Crippen molar-refractivity contribution in [3.05, 3.63) is 59.1 Å². The average molecular weight is 411 g/mol. The number of fused-ring (bicyclic) bond motifs is 1. The number of aromatic nitrogens is 5. The molecular formula is C19H18N6OS2. The quantitative estimate of drug-likeness (QED) is 0.388. The van der Waals surface area contributed by atoms with Crippen LogP contribution in [0.15, 0.2) is 48.1 Å². The normalized spacial score (nSPS) is 11.1. The first-order valence-corrected chi connectivity index (χ1v) is 10.5. The first kappa shape index (κ1) is 18.6. The summed E-state index contributed by atoms with van der Waals surface area (Å²) in [6.45, 7) is 4.53. The van der Waals surface area contributed by atoms with Crippen molar-refractivity contribution in [2.75, 3.05) is 5.75 Å². The number of carbonyl (C=O) groups is 1. The number of thiophene rings is 1. The molecule has 4 aromatic heterocycles. The third kappa shape index (κ3) is 3.76. The Morgan fingerprint density at radius 1 is 1.21 bits per heavy atom. The molecule has 0 unspecified atom stereocenters. The molecule has 1 N–H and O–H groups in total. The summed E-state index contributed by atoms with van der Waals surface area (Å²) in [5, 5.41) is 9.07. The summed E-state index contributed by atoms with van der Waals surface area (Å²) < 4.78 is 1.69. The molecule has 0 aliphatic heterocycles. The SMILES string of the molecule is Cc1sc2ncnc(SCC(=O)NCc3cccnc3-n3cccn3)c2c1C. The van der Waals surface area contributed by atoms with Crippen LogP contribution < -0.4 is 5.32 Å². The highest BCUT2D eigenvalue weighted by atomic mass is 32.2. The van der Waals surface area contributed by atoms with E-state index in [2.05, 4.69) is 39.2 Å². The Bertz CT molecular complexity index is 1120. The summed E-state index contributed by atoms with van der Waals surface area (Å²) in [5.41, 5.74) is 2.08. The molecule has 0 aromatic carbocycles. The molecule has 28 heavy (non-hydrogen) atoms. The summed E-state index contributed by atoms with van der Waals surface area (Å²) in [6, 6.07) is 5.62. The van der Waals surface area contributed by atoms with Crippen molar-refractivity contribution in [1.29, 1.82) is 0 Å². The number of thioether (sulfide) groups is 1. The van der Waals surface area contributed by atoms with Gasteiger partial charge >= 0.3 is 0 Å². The summed E-state index contributed by atoms with van der Waals surface area (Å²) in [4.78, 5) is 27.7. The van der Waals surface area contributed by atoms with Crippen LogP contribution in [0.25, 0.3) is 16.0 Å². The number of rotatable bonds is 6. The number of nitrogens with one attached hydrogen (secondary N) is 1. The maximum Gasteiger partial charge on any atom is 0.230 e. The van der Waals surface area contributed by atoms with Gasteiger partial charge in [-0.15, -0.1) is 11.3 Å². The van der Waals surface area contributed by atoms with Crippen molar-refractivity contribution < 1.29 is 4.79 Å². The van der Waals surface area contributed by atoms with Crippen LogP contribution in [0.5, 0.6) is 0 Å². The van der Waals surface area contributed by atoms with Gasteiger partial charge in [0.1, 0.15) is 16.2 Å². The molecule has 4 heterocycles. The van der Waals surface area contributed by atoms with E-state index in [1.165, 1.54) is 22.2 Å². The van der Waals surface area contributed by atoms with Crippen molar-refractivity contribution in [1.82, 2.24) is 30.0 Å². The minimum atomic E-state index is -0.0587. The Balaban J connectivity index is 1.42. The molecule has 0 bridgehead atoms. The van der Waals surface area contributed by atoms with E-state index in [-0.39, 0.29) is 11.7 Å². The van der Waals surface area contributed by atoms with Gasteiger partial charge in [-0.1, -0.05) is 17.8 Å². The van der Waals surface area contributed by atoms with Crippen LogP contribution in [0, 0.1) is 13.8 Å². The highest BCUT2D eigenvalue weighted by Gasteiger charge is 2.14. The van der Waals surface area contributed by atoms with E-state index in [9.17, 15) is 4.79 Å². The first-order valence-electron chi connectivity index (χ1n) is 8.67. The fourth-order valence-corrected chi connectivity index (χ4v) is 4.75. The lowest BCUT2D eigenvalue weighted by Crippen LogP contribution is -2.25. The Labute approximate surface area is 170 Å². The minimum absolute atomic E-state index is 0.0587. The Kier molecular flexibility index (Phi) is 5.36. The second-order valence-electron chi connectivity index (χ2n) is 6.14. The van der Waals surface area contributed by atoms with E-state index in [1.54, 1.807) is 34.7 Å². The standard InChI is InChI=1S/C19H18N6OS2/c1-12-13(2)28-19-16(12)18(22-11-23-19)27-10-15(26)21-9-14-5-3-6-20-17(14)25-8-4-7-24-25/h3-8,11H,9-10H2,1-2H3,(H,21,26). The van der Waals surface area contributed by atoms with Crippen molar-refractivity contribution in [3.63, 3.8) is 0 Å². The maximum atomic E-state index is 12.4. The van der Waals surface area contributed by atoms with Crippen LogP contribution in [0.3, 0.4) is 0 Å². The largest absolute Gasteiger partial charge is 0.351 e. The molecule has 0 saturated carbocycles. The predicted molar refractivity (Wildman–Crippen MR) is 111 cm³/mol. The van der Waals surface area contributed by atoms with Gasteiger partial charge in [0.15, 0.2) is 5.82 Å².